The number of sulfonamides is 1. The van der Waals surface area contributed by atoms with Gasteiger partial charge in [0.15, 0.2) is 5.78 Å². The van der Waals surface area contributed by atoms with Crippen molar-refractivity contribution in [3.63, 3.8) is 0 Å². The summed E-state index contributed by atoms with van der Waals surface area (Å²) in [6.45, 7) is 7.75. The SMILES string of the molecule is Cc1cc(C(=O)CN2CCN(CCS(N)(=O)=O)CC2)c(C)[nH]1. The third-order valence-corrected chi connectivity index (χ3v) is 4.73. The summed E-state index contributed by atoms with van der Waals surface area (Å²) < 4.78 is 21.9. The molecule has 0 saturated carbocycles. The first kappa shape index (κ1) is 17.1. The van der Waals surface area contributed by atoms with Crippen LogP contribution in [-0.2, 0) is 10.0 Å². The third kappa shape index (κ3) is 4.91. The number of nitrogens with two attached hydrogens (primary N) is 1. The number of aromatic amines is 1. The zero-order valence-corrected chi connectivity index (χ0v) is 13.9. The maximum absolute atomic E-state index is 12.3. The second-order valence-corrected chi connectivity index (χ2v) is 7.63. The number of hydrogen-bond acceptors (Lipinski definition) is 5. The van der Waals surface area contributed by atoms with Crippen LogP contribution in [0.3, 0.4) is 0 Å². The summed E-state index contributed by atoms with van der Waals surface area (Å²) in [7, 11) is -3.41. The number of ketones is 1. The van der Waals surface area contributed by atoms with Gasteiger partial charge in [0.2, 0.25) is 10.0 Å². The Balaban J connectivity index is 1.80. The number of carbonyl (C=O) groups is 1. The summed E-state index contributed by atoms with van der Waals surface area (Å²) in [5.74, 6) is 0.105. The molecule has 1 saturated heterocycles. The lowest BCUT2D eigenvalue weighted by Crippen LogP contribution is -2.49. The molecular formula is C14H24N4O3S. The van der Waals surface area contributed by atoms with Crippen LogP contribution in [0, 0.1) is 13.8 Å². The van der Waals surface area contributed by atoms with Crippen molar-refractivity contribution in [1.29, 1.82) is 0 Å². The van der Waals surface area contributed by atoms with Gasteiger partial charge in [0, 0.05) is 49.7 Å². The molecule has 22 heavy (non-hydrogen) atoms. The smallest absolute Gasteiger partial charge is 0.210 e. The standard InChI is InChI=1S/C14H24N4O3S/c1-11-9-13(12(2)16-11)14(19)10-18-5-3-17(4-6-18)7-8-22(15,20)21/h9,16H,3-8,10H2,1-2H3,(H2,15,20,21). The van der Waals surface area contributed by atoms with E-state index < -0.39 is 10.0 Å². The van der Waals surface area contributed by atoms with Crippen LogP contribution in [0.15, 0.2) is 6.07 Å². The maximum atomic E-state index is 12.3. The minimum Gasteiger partial charge on any atom is -0.362 e. The zero-order valence-electron chi connectivity index (χ0n) is 13.1. The molecule has 124 valence electrons. The highest BCUT2D eigenvalue weighted by atomic mass is 32.2. The van der Waals surface area contributed by atoms with E-state index in [4.69, 9.17) is 5.14 Å². The number of Topliss-reactive ketones (excluding diaryl/α,β-unsaturated/α-hetero) is 1. The van der Waals surface area contributed by atoms with Gasteiger partial charge in [0.25, 0.3) is 0 Å². The highest BCUT2D eigenvalue weighted by Gasteiger charge is 2.21. The average molecular weight is 328 g/mol. The molecule has 2 rings (SSSR count). The molecule has 8 heteroatoms. The van der Waals surface area contributed by atoms with Gasteiger partial charge in [-0.3, -0.25) is 14.6 Å². The Hall–Kier alpha value is -1.22. The van der Waals surface area contributed by atoms with Gasteiger partial charge < -0.3 is 4.98 Å². The largest absolute Gasteiger partial charge is 0.362 e. The monoisotopic (exact) mass is 328 g/mol. The van der Waals surface area contributed by atoms with Gasteiger partial charge in [0.1, 0.15) is 0 Å². The number of carbonyl (C=O) groups excluding carboxylic acids is 1. The van der Waals surface area contributed by atoms with E-state index in [1.54, 1.807) is 0 Å². The summed E-state index contributed by atoms with van der Waals surface area (Å²) >= 11 is 0. The molecule has 1 fully saturated rings. The van der Waals surface area contributed by atoms with E-state index in [1.165, 1.54) is 0 Å². The predicted octanol–water partition coefficient (Wildman–Crippen LogP) is -0.280. The predicted molar refractivity (Wildman–Crippen MR) is 85.5 cm³/mol. The zero-order chi connectivity index (χ0) is 16.3. The van der Waals surface area contributed by atoms with Crippen LogP contribution in [0.1, 0.15) is 21.7 Å². The molecule has 1 aromatic rings. The van der Waals surface area contributed by atoms with Crippen LogP contribution in [0.4, 0.5) is 0 Å². The molecule has 1 aromatic heterocycles. The number of nitrogens with zero attached hydrogens (tertiary/aromatic N) is 2. The van der Waals surface area contributed by atoms with Crippen LogP contribution in [-0.4, -0.2) is 74.0 Å². The molecule has 0 amide bonds. The van der Waals surface area contributed by atoms with Gasteiger partial charge in [0.05, 0.1) is 12.3 Å². The summed E-state index contributed by atoms with van der Waals surface area (Å²) in [6.07, 6.45) is 0. The molecule has 0 radical (unpaired) electrons. The maximum Gasteiger partial charge on any atom is 0.210 e. The number of aromatic nitrogens is 1. The van der Waals surface area contributed by atoms with Gasteiger partial charge in [-0.15, -0.1) is 0 Å². The van der Waals surface area contributed by atoms with Gasteiger partial charge in [-0.05, 0) is 19.9 Å². The lowest BCUT2D eigenvalue weighted by Gasteiger charge is -2.34. The molecule has 0 unspecified atom stereocenters. The van der Waals surface area contributed by atoms with Gasteiger partial charge in [-0.2, -0.15) is 0 Å². The molecule has 1 aliphatic heterocycles. The van der Waals surface area contributed by atoms with E-state index >= 15 is 0 Å². The first-order valence-corrected chi connectivity index (χ1v) is 9.11. The summed E-state index contributed by atoms with van der Waals surface area (Å²) in [6, 6.07) is 1.89. The number of hydrogen-bond donors (Lipinski definition) is 2. The van der Waals surface area contributed by atoms with Crippen molar-refractivity contribution in [2.75, 3.05) is 45.0 Å². The Labute approximate surface area is 131 Å². The Kier molecular flexibility index (Phi) is 5.38. The Morgan fingerprint density at radius 3 is 2.32 bits per heavy atom. The van der Waals surface area contributed by atoms with Crippen molar-refractivity contribution < 1.29 is 13.2 Å². The number of primary sulfonamides is 1. The molecule has 2 heterocycles. The first-order valence-electron chi connectivity index (χ1n) is 7.39. The Morgan fingerprint density at radius 1 is 1.23 bits per heavy atom. The molecule has 0 spiro atoms. The fourth-order valence-electron chi connectivity index (χ4n) is 2.73. The number of nitrogens with one attached hydrogen (secondary N) is 1. The second kappa shape index (κ2) is 6.91. The quantitative estimate of drug-likeness (QED) is 0.700. The summed E-state index contributed by atoms with van der Waals surface area (Å²) in [4.78, 5) is 19.6. The van der Waals surface area contributed by atoms with E-state index in [0.717, 1.165) is 43.1 Å². The van der Waals surface area contributed by atoms with Crippen LogP contribution < -0.4 is 5.14 Å². The van der Waals surface area contributed by atoms with Gasteiger partial charge in [-0.1, -0.05) is 0 Å². The van der Waals surface area contributed by atoms with E-state index in [0.29, 0.717) is 13.1 Å². The highest BCUT2D eigenvalue weighted by Crippen LogP contribution is 2.12. The van der Waals surface area contributed by atoms with Crippen LogP contribution in [0.25, 0.3) is 0 Å². The normalized spacial score (nSPS) is 17.8. The molecule has 3 N–H and O–H groups in total. The number of aryl methyl sites for hydroxylation is 2. The average Bonchev–Trinajstić information content (AvgIpc) is 2.76. The lowest BCUT2D eigenvalue weighted by atomic mass is 10.1. The van der Waals surface area contributed by atoms with Crippen LogP contribution in [0.2, 0.25) is 0 Å². The fourth-order valence-corrected chi connectivity index (χ4v) is 3.24. The van der Waals surface area contributed by atoms with Crippen LogP contribution in [0.5, 0.6) is 0 Å². The molecule has 0 bridgehead atoms. The van der Waals surface area contributed by atoms with Crippen molar-refractivity contribution in [3.05, 3.63) is 23.0 Å². The van der Waals surface area contributed by atoms with Crippen molar-refractivity contribution in [1.82, 2.24) is 14.8 Å². The van der Waals surface area contributed by atoms with Crippen molar-refractivity contribution in [2.24, 2.45) is 5.14 Å². The fraction of sp³-hybridized carbons (Fsp3) is 0.643. The van der Waals surface area contributed by atoms with E-state index in [-0.39, 0.29) is 11.5 Å². The van der Waals surface area contributed by atoms with Crippen molar-refractivity contribution >= 4 is 15.8 Å². The molecule has 0 atom stereocenters. The third-order valence-electron chi connectivity index (χ3n) is 3.97. The van der Waals surface area contributed by atoms with E-state index in [2.05, 4.69) is 14.8 Å². The second-order valence-electron chi connectivity index (χ2n) is 5.90. The molecule has 1 aliphatic rings. The van der Waals surface area contributed by atoms with Gasteiger partial charge in [-0.25, -0.2) is 13.6 Å². The Bertz CT molecular complexity index is 631. The minimum atomic E-state index is -3.41. The first-order chi connectivity index (χ1) is 10.2. The topological polar surface area (TPSA) is 99.5 Å². The lowest BCUT2D eigenvalue weighted by molar-refractivity contribution is 0.0859. The molecule has 0 aromatic carbocycles. The molecular weight excluding hydrogens is 304 g/mol. The summed E-state index contributed by atoms with van der Waals surface area (Å²) in [5, 5.41) is 5.01. The molecule has 0 aliphatic carbocycles. The number of H-pyrrole nitrogens is 1. The summed E-state index contributed by atoms with van der Waals surface area (Å²) in [5.41, 5.74) is 2.66. The molecule has 7 nitrogen and oxygen atoms in total. The van der Waals surface area contributed by atoms with Crippen molar-refractivity contribution in [3.8, 4) is 0 Å². The van der Waals surface area contributed by atoms with Crippen molar-refractivity contribution in [2.45, 2.75) is 13.8 Å². The van der Waals surface area contributed by atoms with E-state index in [9.17, 15) is 13.2 Å². The Morgan fingerprint density at radius 2 is 1.82 bits per heavy atom. The highest BCUT2D eigenvalue weighted by molar-refractivity contribution is 7.89. The van der Waals surface area contributed by atoms with Gasteiger partial charge >= 0.3 is 0 Å². The number of rotatable bonds is 6. The minimum absolute atomic E-state index is 0.0201. The van der Waals surface area contributed by atoms with E-state index in [1.807, 2.05) is 19.9 Å². The van der Waals surface area contributed by atoms with Crippen LogP contribution >= 0.6 is 0 Å². The number of piperazine rings is 1.